The molecule has 0 bridgehead atoms. The molecule has 508 valence electrons. The van der Waals surface area contributed by atoms with Crippen LogP contribution in [0.25, 0.3) is 0 Å². The second-order valence-corrected chi connectivity index (χ2v) is 27.2. The number of aromatic hydroxyl groups is 15. The smallest absolute Gasteiger partial charge is 0.135 e. The Bertz CT molecular complexity index is 5310. The molecule has 0 aromatic heterocycles. The maximum Gasteiger partial charge on any atom is 0.135 e. The lowest BCUT2D eigenvalue weighted by Gasteiger charge is -2.48. The Labute approximate surface area is 582 Å². The Morgan fingerprint density at radius 1 is 0.216 bits per heavy atom. The molecule has 0 saturated heterocycles. The molecule has 18 heteroatoms. The van der Waals surface area contributed by atoms with Gasteiger partial charge in [0.1, 0.15) is 122 Å². The molecule has 12 aromatic carbocycles. The highest BCUT2D eigenvalue weighted by Crippen LogP contribution is 2.72. The average Bonchev–Trinajstić information content (AvgIpc) is 1.42. The van der Waals surface area contributed by atoms with Crippen molar-refractivity contribution in [3.05, 3.63) is 319 Å². The highest BCUT2D eigenvalue weighted by molar-refractivity contribution is 5.71. The third-order valence-electron chi connectivity index (χ3n) is 21.4. The van der Waals surface area contributed by atoms with E-state index in [0.717, 1.165) is 0 Å². The van der Waals surface area contributed by atoms with Gasteiger partial charge in [-0.05, 0) is 194 Å². The third-order valence-corrected chi connectivity index (χ3v) is 21.4. The predicted molar refractivity (Wildman–Crippen MR) is 373 cm³/mol. The average molecular weight is 1360 g/mol. The zero-order valence-electron chi connectivity index (χ0n) is 53.7. The van der Waals surface area contributed by atoms with E-state index in [4.69, 9.17) is 14.2 Å². The summed E-state index contributed by atoms with van der Waals surface area (Å²) in [6.45, 7) is 0. The summed E-state index contributed by atoms with van der Waals surface area (Å²) in [5.74, 6) is -13.7. The van der Waals surface area contributed by atoms with E-state index in [-0.39, 0.29) is 109 Å². The minimum absolute atomic E-state index is 0.0351. The molecule has 0 fully saturated rings. The van der Waals surface area contributed by atoms with E-state index in [1.165, 1.54) is 121 Å². The van der Waals surface area contributed by atoms with Crippen LogP contribution in [0.15, 0.2) is 224 Å². The Hall–Kier alpha value is -13.0. The number of phenolic OH excluding ortho intramolecular Hbond substituents is 15. The van der Waals surface area contributed by atoms with Crippen LogP contribution in [0.2, 0.25) is 0 Å². The molecule has 0 saturated carbocycles. The first-order valence-electron chi connectivity index (χ1n) is 33.2. The summed E-state index contributed by atoms with van der Waals surface area (Å²) in [5, 5.41) is 180. The Kier molecular flexibility index (Phi) is 14.5. The molecule has 3 heterocycles. The summed E-state index contributed by atoms with van der Waals surface area (Å²) in [6.07, 6.45) is -3.11. The second-order valence-electron chi connectivity index (χ2n) is 27.2. The van der Waals surface area contributed by atoms with E-state index >= 15 is 0 Å². The van der Waals surface area contributed by atoms with Gasteiger partial charge in [-0.25, -0.2) is 0 Å². The molecule has 15 N–H and O–H groups in total. The van der Waals surface area contributed by atoms with E-state index in [2.05, 4.69) is 0 Å². The topological polar surface area (TPSA) is 331 Å². The van der Waals surface area contributed by atoms with Crippen LogP contribution in [-0.4, -0.2) is 76.6 Å². The van der Waals surface area contributed by atoms with Crippen LogP contribution < -0.4 is 14.2 Å². The molecule has 3 aliphatic heterocycles. The number of benzene rings is 12. The fourth-order valence-corrected chi connectivity index (χ4v) is 17.7. The summed E-state index contributed by atoms with van der Waals surface area (Å²) >= 11 is 0. The van der Waals surface area contributed by atoms with Crippen molar-refractivity contribution in [3.63, 3.8) is 0 Å². The van der Waals surface area contributed by atoms with E-state index in [0.29, 0.717) is 83.5 Å². The molecule has 5 aliphatic rings. The molecule has 2 aliphatic carbocycles. The molecule has 12 aromatic rings. The Morgan fingerprint density at radius 3 is 0.931 bits per heavy atom. The number of fused-ring (bicyclic) bond motifs is 5. The SMILES string of the molecule is Oc1ccc([C@H]2c3c(O)cc(O)cc3[C@@H]3c4c(cc(O)cc4[C@H]2[C@H](c2ccc(O)cc2)[C@H]2c4cc(O)cc5c4[C@@H](c4cc(O)cc(O)c4[C@H](c4ccc(O)cc4)[C@H]2c2cc(O)cc4c2[C@@H](c2cc(O)cc(O)c2)[C@H](c2ccc(O)cc2)O4)[C@H](c2ccc(O)cc2)O5)O[C@H]3c2ccc(O)cc2)cc1. The first-order valence-corrected chi connectivity index (χ1v) is 33.2. The predicted octanol–water partition coefficient (Wildman–Crippen LogP) is 15.8. The molecule has 17 rings (SSSR count). The van der Waals surface area contributed by atoms with Crippen molar-refractivity contribution < 1.29 is 90.8 Å². The minimum Gasteiger partial charge on any atom is -0.508 e. The van der Waals surface area contributed by atoms with Gasteiger partial charge in [0.05, 0.1) is 17.8 Å². The fraction of sp³-hybridized carbons (Fsp3) is 0.143. The molecule has 12 atom stereocenters. The van der Waals surface area contributed by atoms with Crippen molar-refractivity contribution in [1.82, 2.24) is 0 Å². The van der Waals surface area contributed by atoms with Crippen LogP contribution in [-0.2, 0) is 0 Å². The van der Waals surface area contributed by atoms with Gasteiger partial charge in [-0.2, -0.15) is 0 Å². The number of hydrogen-bond donors (Lipinski definition) is 15. The number of phenols is 15. The quantitative estimate of drug-likeness (QED) is 0.0605. The van der Waals surface area contributed by atoms with Gasteiger partial charge in [0, 0.05) is 87.9 Å². The van der Waals surface area contributed by atoms with Crippen molar-refractivity contribution in [2.24, 2.45) is 0 Å². The van der Waals surface area contributed by atoms with Crippen LogP contribution in [0.1, 0.15) is 166 Å². The number of ether oxygens (including phenoxy) is 3. The highest BCUT2D eigenvalue weighted by atomic mass is 16.5. The van der Waals surface area contributed by atoms with Gasteiger partial charge in [-0.1, -0.05) is 72.8 Å². The van der Waals surface area contributed by atoms with Gasteiger partial charge in [0.2, 0.25) is 0 Å². The Morgan fingerprint density at radius 2 is 0.520 bits per heavy atom. The van der Waals surface area contributed by atoms with Crippen LogP contribution >= 0.6 is 0 Å². The van der Waals surface area contributed by atoms with E-state index < -0.39 is 77.3 Å². The van der Waals surface area contributed by atoms with Crippen molar-refractivity contribution in [2.75, 3.05) is 0 Å². The maximum absolute atomic E-state index is 13.5. The van der Waals surface area contributed by atoms with Crippen LogP contribution in [0.3, 0.4) is 0 Å². The van der Waals surface area contributed by atoms with Crippen LogP contribution in [0.5, 0.6) is 103 Å². The van der Waals surface area contributed by atoms with E-state index in [1.807, 2.05) is 0 Å². The standard InChI is InChI=1S/C84H64O18/c85-45-13-1-38(2-14-45)68-72-58(28-53(93)33-63(72)98)80-75-61(31-56(96)36-66(75)101-83(80)42-9-21-49(89)22-10-42)77(68)70(40-5-17-47(87)18-6-40)79-62-32-57(97)37-67-76(62)81(84(102-67)43-11-23-50(90)24-12-43)59-29-54(94)34-64(99)73(59)69(39-3-15-46(86)16-4-39)78(79)60-30-55(95)35-65-74(60)71(44-25-51(91)27-52(92)26-44)82(100-65)41-7-19-48(88)20-8-41/h1-37,68-71,77-99H/t68-,69-,70-,71+,77+,78+,79+,80+,81+,82-,83-,84-/m0/s1. The molecule has 0 spiro atoms. The summed E-state index contributed by atoms with van der Waals surface area (Å²) in [6, 6.07) is 57.4. The van der Waals surface area contributed by atoms with Gasteiger partial charge in [0.15, 0.2) is 0 Å². The summed E-state index contributed by atoms with van der Waals surface area (Å²) in [4.78, 5) is 0. The zero-order chi connectivity index (χ0) is 70.4. The van der Waals surface area contributed by atoms with E-state index in [1.54, 1.807) is 103 Å². The second kappa shape index (κ2) is 23.6. The first-order chi connectivity index (χ1) is 49.2. The maximum atomic E-state index is 13.5. The van der Waals surface area contributed by atoms with Crippen LogP contribution in [0.4, 0.5) is 0 Å². The zero-order valence-corrected chi connectivity index (χ0v) is 53.7. The summed E-state index contributed by atoms with van der Waals surface area (Å²) < 4.78 is 21.6. The Balaban J connectivity index is 1.08. The third kappa shape index (κ3) is 10.2. The lowest BCUT2D eigenvalue weighted by atomic mass is 9.54. The molecule has 0 amide bonds. The molecule has 102 heavy (non-hydrogen) atoms. The molecular formula is C84H64O18. The van der Waals surface area contributed by atoms with Crippen molar-refractivity contribution in [3.8, 4) is 103 Å². The number of hydrogen-bond acceptors (Lipinski definition) is 18. The van der Waals surface area contributed by atoms with Gasteiger partial charge < -0.3 is 90.8 Å². The van der Waals surface area contributed by atoms with Crippen molar-refractivity contribution >= 4 is 0 Å². The number of rotatable bonds is 10. The largest absolute Gasteiger partial charge is 0.508 e. The summed E-state index contributed by atoms with van der Waals surface area (Å²) in [5.41, 5.74) is 6.89. The molecule has 0 radical (unpaired) electrons. The van der Waals surface area contributed by atoms with Crippen LogP contribution in [0, 0.1) is 0 Å². The highest BCUT2D eigenvalue weighted by Gasteiger charge is 2.57. The fourth-order valence-electron chi connectivity index (χ4n) is 17.7. The van der Waals surface area contributed by atoms with Gasteiger partial charge >= 0.3 is 0 Å². The van der Waals surface area contributed by atoms with Crippen molar-refractivity contribution in [2.45, 2.75) is 71.6 Å². The van der Waals surface area contributed by atoms with Gasteiger partial charge in [-0.15, -0.1) is 0 Å². The summed E-state index contributed by atoms with van der Waals surface area (Å²) in [7, 11) is 0. The molecule has 0 unspecified atom stereocenters. The lowest BCUT2D eigenvalue weighted by Crippen LogP contribution is -2.34. The normalized spacial score (nSPS) is 22.0. The molecule has 18 nitrogen and oxygen atoms in total. The van der Waals surface area contributed by atoms with Gasteiger partial charge in [0.25, 0.3) is 0 Å². The molecular weight excluding hydrogens is 1300 g/mol. The lowest BCUT2D eigenvalue weighted by molar-refractivity contribution is 0.220. The first kappa shape index (κ1) is 62.6. The van der Waals surface area contributed by atoms with E-state index in [9.17, 15) is 76.6 Å². The van der Waals surface area contributed by atoms with Crippen molar-refractivity contribution in [1.29, 1.82) is 0 Å². The minimum atomic E-state index is -1.35. The monoisotopic (exact) mass is 1360 g/mol. The van der Waals surface area contributed by atoms with Gasteiger partial charge in [-0.3, -0.25) is 0 Å².